The van der Waals surface area contributed by atoms with Crippen LogP contribution >= 0.6 is 0 Å². The van der Waals surface area contributed by atoms with Gasteiger partial charge in [-0.3, -0.25) is 9.59 Å². The van der Waals surface area contributed by atoms with Gasteiger partial charge in [0.25, 0.3) is 0 Å². The van der Waals surface area contributed by atoms with Crippen LogP contribution in [-0.2, 0) is 23.8 Å². The first-order chi connectivity index (χ1) is 39.7. The molecule has 81 heavy (non-hydrogen) atoms. The molecular formula is C70H129NO10. The van der Waals surface area contributed by atoms with Crippen molar-refractivity contribution in [2.24, 2.45) is 0 Å². The van der Waals surface area contributed by atoms with Crippen LogP contribution in [0.5, 0.6) is 0 Å². The van der Waals surface area contributed by atoms with Crippen LogP contribution in [-0.4, -0.2) is 99.6 Å². The molecule has 1 aliphatic heterocycles. The lowest BCUT2D eigenvalue weighted by Gasteiger charge is -2.41. The zero-order valence-corrected chi connectivity index (χ0v) is 52.7. The third kappa shape index (κ3) is 45.6. The second-order valence-electron chi connectivity index (χ2n) is 23.9. The normalized spacial score (nSPS) is 18.9. The van der Waals surface area contributed by atoms with Gasteiger partial charge in [-0.2, -0.15) is 0 Å². The minimum Gasteiger partial charge on any atom is -0.454 e. The van der Waals surface area contributed by atoms with E-state index in [0.717, 1.165) is 83.5 Å². The van der Waals surface area contributed by atoms with Gasteiger partial charge in [0.1, 0.15) is 24.4 Å². The highest BCUT2D eigenvalue weighted by molar-refractivity contribution is 5.80. The number of esters is 1. The Morgan fingerprint density at radius 3 is 1.30 bits per heavy atom. The van der Waals surface area contributed by atoms with E-state index in [1.54, 1.807) is 6.08 Å². The summed E-state index contributed by atoms with van der Waals surface area (Å²) >= 11 is 0. The fourth-order valence-corrected chi connectivity index (χ4v) is 10.8. The molecule has 1 amide bonds. The highest BCUT2D eigenvalue weighted by atomic mass is 16.7. The summed E-state index contributed by atoms with van der Waals surface area (Å²) in [7, 11) is 0. The summed E-state index contributed by atoms with van der Waals surface area (Å²) in [5.41, 5.74) is 0. The standard InChI is InChI=1S/C70H129NO10/c1-4-7-10-13-16-19-22-24-26-28-30-32-34-36-38-40-43-46-49-52-55-58-65(75)81-68-67(77)66(76)64(59-72)80-70(68)79-60-61(62(73)56-53-50-47-44-41-21-18-15-12-9-6-3)71-69(78)63(74)57-54-51-48-45-42-39-37-35-33-31-29-27-25-23-20-17-14-11-8-5-2/h16,19,24,26,30,32,53,56,61-64,66-68,70,72-74,76-77H,4-15,17-18,20-23,25,27-29,31,33-52,54-55,57-60H2,1-3H3,(H,71,78)/b19-16-,26-24-,32-30-,56-53+. The number of aliphatic hydroxyl groups is 5. The number of allylic oxidation sites excluding steroid dienone is 7. The van der Waals surface area contributed by atoms with E-state index in [9.17, 15) is 35.1 Å². The van der Waals surface area contributed by atoms with Crippen molar-refractivity contribution in [3.8, 4) is 0 Å². The molecule has 8 unspecified atom stereocenters. The number of unbranched alkanes of at least 4 members (excludes halogenated alkanes) is 39. The maximum atomic E-state index is 13.5. The van der Waals surface area contributed by atoms with E-state index in [2.05, 4.69) is 62.5 Å². The first kappa shape index (κ1) is 76.6. The molecule has 0 bridgehead atoms. The quantitative estimate of drug-likeness (QED) is 0.0195. The Morgan fingerprint density at radius 1 is 0.481 bits per heavy atom. The van der Waals surface area contributed by atoms with E-state index < -0.39 is 67.4 Å². The molecule has 0 aromatic carbocycles. The zero-order chi connectivity index (χ0) is 58.9. The van der Waals surface area contributed by atoms with Gasteiger partial charge < -0.3 is 45.1 Å². The number of amides is 1. The Balaban J connectivity index is 2.59. The number of aliphatic hydroxyl groups excluding tert-OH is 5. The number of nitrogens with one attached hydrogen (secondary N) is 1. The van der Waals surface area contributed by atoms with Crippen molar-refractivity contribution in [3.05, 3.63) is 48.6 Å². The number of hydrogen-bond acceptors (Lipinski definition) is 10. The topological polar surface area (TPSA) is 175 Å². The fourth-order valence-electron chi connectivity index (χ4n) is 10.8. The molecule has 1 heterocycles. The average Bonchev–Trinajstić information content (AvgIpc) is 3.50. The molecule has 0 saturated carbocycles. The van der Waals surface area contributed by atoms with Crippen molar-refractivity contribution in [1.29, 1.82) is 0 Å². The predicted molar refractivity (Wildman–Crippen MR) is 338 cm³/mol. The first-order valence-corrected chi connectivity index (χ1v) is 34.4. The highest BCUT2D eigenvalue weighted by Gasteiger charge is 2.47. The summed E-state index contributed by atoms with van der Waals surface area (Å²) < 4.78 is 17.7. The van der Waals surface area contributed by atoms with Gasteiger partial charge in [0.15, 0.2) is 12.4 Å². The number of carbonyl (C=O) groups is 2. The van der Waals surface area contributed by atoms with E-state index >= 15 is 0 Å². The maximum absolute atomic E-state index is 13.5. The first-order valence-electron chi connectivity index (χ1n) is 34.4. The molecule has 1 aliphatic rings. The monoisotopic (exact) mass is 1140 g/mol. The van der Waals surface area contributed by atoms with Crippen LogP contribution < -0.4 is 5.32 Å². The lowest BCUT2D eigenvalue weighted by molar-refractivity contribution is -0.305. The second kappa shape index (κ2) is 58.0. The number of carbonyl (C=O) groups excluding carboxylic acids is 2. The van der Waals surface area contributed by atoms with Crippen molar-refractivity contribution in [3.63, 3.8) is 0 Å². The molecule has 0 aromatic heterocycles. The lowest BCUT2D eigenvalue weighted by Crippen LogP contribution is -2.61. The molecule has 0 aliphatic carbocycles. The molecule has 1 saturated heterocycles. The van der Waals surface area contributed by atoms with Crippen LogP contribution in [0.3, 0.4) is 0 Å². The molecule has 6 N–H and O–H groups in total. The lowest BCUT2D eigenvalue weighted by atomic mass is 9.99. The van der Waals surface area contributed by atoms with Crippen LogP contribution in [0, 0.1) is 0 Å². The second-order valence-corrected chi connectivity index (χ2v) is 23.9. The summed E-state index contributed by atoms with van der Waals surface area (Å²) in [6, 6.07) is -1.02. The minimum atomic E-state index is -1.62. The molecule has 0 aromatic rings. The Bertz CT molecular complexity index is 1500. The van der Waals surface area contributed by atoms with Crippen LogP contribution in [0.2, 0.25) is 0 Å². The van der Waals surface area contributed by atoms with Gasteiger partial charge in [-0.1, -0.05) is 301 Å². The Kier molecular flexibility index (Phi) is 54.9. The van der Waals surface area contributed by atoms with Crippen LogP contribution in [0.25, 0.3) is 0 Å². The summed E-state index contributed by atoms with van der Waals surface area (Å²) in [5, 5.41) is 57.1. The molecule has 1 rings (SSSR count). The molecule has 0 radical (unpaired) electrons. The van der Waals surface area contributed by atoms with E-state index in [4.69, 9.17) is 14.2 Å². The van der Waals surface area contributed by atoms with Gasteiger partial charge in [0.2, 0.25) is 5.91 Å². The van der Waals surface area contributed by atoms with Crippen LogP contribution in [0.15, 0.2) is 48.6 Å². The molecule has 11 heteroatoms. The molecule has 0 spiro atoms. The number of ether oxygens (including phenoxy) is 3. The van der Waals surface area contributed by atoms with E-state index in [1.807, 2.05) is 6.08 Å². The Hall–Kier alpha value is -2.38. The smallest absolute Gasteiger partial charge is 0.306 e. The SMILES string of the molecule is CCCCC/C=C\C/C=C\C/C=C\CCCCCCCCCCC(=O)OC1C(OCC(NC(=O)C(O)CCCCCCCCCCCCCCCCCCCCCC)C(O)/C=C/CCCCCCCCCCC)OC(CO)C(O)C1O. The van der Waals surface area contributed by atoms with Crippen molar-refractivity contribution in [1.82, 2.24) is 5.32 Å². The van der Waals surface area contributed by atoms with E-state index in [-0.39, 0.29) is 13.0 Å². The molecule has 11 nitrogen and oxygen atoms in total. The predicted octanol–water partition coefficient (Wildman–Crippen LogP) is 17.2. The largest absolute Gasteiger partial charge is 0.454 e. The van der Waals surface area contributed by atoms with Gasteiger partial charge in [-0.15, -0.1) is 0 Å². The van der Waals surface area contributed by atoms with Crippen molar-refractivity contribution in [2.45, 2.75) is 372 Å². The Morgan fingerprint density at radius 2 is 0.852 bits per heavy atom. The van der Waals surface area contributed by atoms with Crippen molar-refractivity contribution >= 4 is 11.9 Å². The summed E-state index contributed by atoms with van der Waals surface area (Å²) in [6.07, 6.45) is 61.5. The zero-order valence-electron chi connectivity index (χ0n) is 52.7. The van der Waals surface area contributed by atoms with Crippen molar-refractivity contribution in [2.75, 3.05) is 13.2 Å². The minimum absolute atomic E-state index is 0.116. The fraction of sp³-hybridized carbons (Fsp3) is 0.857. The van der Waals surface area contributed by atoms with Gasteiger partial charge in [-0.25, -0.2) is 0 Å². The van der Waals surface area contributed by atoms with Gasteiger partial charge in [0.05, 0.1) is 25.4 Å². The van der Waals surface area contributed by atoms with E-state index in [1.165, 1.54) is 193 Å². The van der Waals surface area contributed by atoms with E-state index in [0.29, 0.717) is 19.3 Å². The summed E-state index contributed by atoms with van der Waals surface area (Å²) in [6.45, 7) is 5.79. The molecule has 474 valence electrons. The van der Waals surface area contributed by atoms with Crippen LogP contribution in [0.4, 0.5) is 0 Å². The maximum Gasteiger partial charge on any atom is 0.306 e. The average molecular weight is 1140 g/mol. The highest BCUT2D eigenvalue weighted by Crippen LogP contribution is 2.26. The number of rotatable bonds is 59. The van der Waals surface area contributed by atoms with Gasteiger partial charge in [-0.05, 0) is 64.2 Å². The number of hydrogen-bond donors (Lipinski definition) is 6. The van der Waals surface area contributed by atoms with Gasteiger partial charge >= 0.3 is 5.97 Å². The van der Waals surface area contributed by atoms with Gasteiger partial charge in [0, 0.05) is 6.42 Å². The Labute approximate surface area is 497 Å². The molecule has 8 atom stereocenters. The van der Waals surface area contributed by atoms with Crippen LogP contribution in [0.1, 0.15) is 323 Å². The summed E-state index contributed by atoms with van der Waals surface area (Å²) in [5.74, 6) is -1.19. The third-order valence-corrected chi connectivity index (χ3v) is 16.2. The molecule has 1 fully saturated rings. The summed E-state index contributed by atoms with van der Waals surface area (Å²) in [4.78, 5) is 26.6. The third-order valence-electron chi connectivity index (χ3n) is 16.2. The molecular weight excluding hydrogens is 1010 g/mol. The van der Waals surface area contributed by atoms with Crippen molar-refractivity contribution < 1.29 is 49.3 Å².